The first-order valence-corrected chi connectivity index (χ1v) is 8.02. The molecule has 3 aromatic rings. The van der Waals surface area contributed by atoms with Crippen molar-refractivity contribution in [2.45, 2.75) is 19.4 Å². The van der Waals surface area contributed by atoms with Crippen LogP contribution < -0.4 is 0 Å². The number of nitrogens with one attached hydrogen (secondary N) is 1. The second-order valence-electron chi connectivity index (χ2n) is 5.81. The Kier molecular flexibility index (Phi) is 3.49. The lowest BCUT2D eigenvalue weighted by Crippen LogP contribution is -2.39. The highest BCUT2D eigenvalue weighted by Gasteiger charge is 2.30. The largest absolute Gasteiger partial charge is 0.334 e. The second-order valence-corrected chi connectivity index (χ2v) is 6.18. The summed E-state index contributed by atoms with van der Waals surface area (Å²) in [5.74, 6) is -0.623. The predicted molar refractivity (Wildman–Crippen MR) is 88.5 cm³/mol. The lowest BCUT2D eigenvalue weighted by atomic mass is 9.98. The van der Waals surface area contributed by atoms with E-state index in [2.05, 4.69) is 15.0 Å². The number of H-pyrrole nitrogens is 1. The van der Waals surface area contributed by atoms with Gasteiger partial charge in [0.2, 0.25) is 0 Å². The van der Waals surface area contributed by atoms with Crippen molar-refractivity contribution in [3.8, 4) is 0 Å². The standard InChI is InChI=1S/C17H14ClFN4O/c1-9-10-3-2-7-20-12(10)6-8-23(9)17(24)16-21-13-5-4-11(19)14(18)15(13)22-16/h2-5,7,9H,6,8H2,1H3,(H,21,22)/t9-/m1/s1. The number of amides is 1. The molecule has 1 aliphatic rings. The van der Waals surface area contributed by atoms with Gasteiger partial charge in [-0.15, -0.1) is 0 Å². The number of hydrogen-bond acceptors (Lipinski definition) is 3. The lowest BCUT2D eigenvalue weighted by molar-refractivity contribution is 0.0665. The number of imidazole rings is 1. The number of benzene rings is 1. The van der Waals surface area contributed by atoms with Gasteiger partial charge in [-0.05, 0) is 30.7 Å². The fourth-order valence-corrected chi connectivity index (χ4v) is 3.37. The van der Waals surface area contributed by atoms with Gasteiger partial charge >= 0.3 is 0 Å². The summed E-state index contributed by atoms with van der Waals surface area (Å²) in [4.78, 5) is 26.1. The molecule has 0 bridgehead atoms. The van der Waals surface area contributed by atoms with Crippen LogP contribution in [0.5, 0.6) is 0 Å². The van der Waals surface area contributed by atoms with Crippen LogP contribution in [0.2, 0.25) is 5.02 Å². The van der Waals surface area contributed by atoms with Crippen molar-refractivity contribution in [3.05, 3.63) is 58.4 Å². The Hall–Kier alpha value is -2.47. The number of pyridine rings is 1. The zero-order chi connectivity index (χ0) is 16.8. The Morgan fingerprint density at radius 3 is 3.08 bits per heavy atom. The fourth-order valence-electron chi connectivity index (χ4n) is 3.16. The molecule has 0 radical (unpaired) electrons. The van der Waals surface area contributed by atoms with Crippen LogP contribution in [0.15, 0.2) is 30.5 Å². The van der Waals surface area contributed by atoms with Gasteiger partial charge in [-0.3, -0.25) is 9.78 Å². The first-order valence-electron chi connectivity index (χ1n) is 7.64. The number of rotatable bonds is 1. The molecule has 7 heteroatoms. The van der Waals surface area contributed by atoms with E-state index in [-0.39, 0.29) is 28.3 Å². The molecule has 1 amide bonds. The summed E-state index contributed by atoms with van der Waals surface area (Å²) in [6.45, 7) is 2.52. The van der Waals surface area contributed by atoms with Gasteiger partial charge in [0, 0.05) is 24.9 Å². The topological polar surface area (TPSA) is 61.9 Å². The molecule has 1 atom stereocenters. The minimum atomic E-state index is -0.555. The molecule has 0 fully saturated rings. The van der Waals surface area contributed by atoms with E-state index < -0.39 is 5.82 Å². The molecule has 4 rings (SSSR count). The summed E-state index contributed by atoms with van der Waals surface area (Å²) in [6, 6.07) is 6.53. The number of carbonyl (C=O) groups is 1. The lowest BCUT2D eigenvalue weighted by Gasteiger charge is -2.34. The van der Waals surface area contributed by atoms with Crippen LogP contribution in [0.25, 0.3) is 11.0 Å². The highest BCUT2D eigenvalue weighted by Crippen LogP contribution is 2.30. The molecule has 122 valence electrons. The number of nitrogens with zero attached hydrogens (tertiary/aromatic N) is 3. The average Bonchev–Trinajstić information content (AvgIpc) is 3.03. The maximum Gasteiger partial charge on any atom is 0.290 e. The maximum absolute atomic E-state index is 13.6. The van der Waals surface area contributed by atoms with Gasteiger partial charge < -0.3 is 9.88 Å². The van der Waals surface area contributed by atoms with Crippen molar-refractivity contribution in [1.82, 2.24) is 19.9 Å². The third-order valence-corrected chi connectivity index (χ3v) is 4.80. The highest BCUT2D eigenvalue weighted by atomic mass is 35.5. The zero-order valence-electron chi connectivity index (χ0n) is 12.9. The first kappa shape index (κ1) is 15.1. The van der Waals surface area contributed by atoms with Crippen LogP contribution in [0, 0.1) is 5.82 Å². The average molecular weight is 345 g/mol. The number of hydrogen-bond donors (Lipinski definition) is 1. The smallest absolute Gasteiger partial charge is 0.290 e. The van der Waals surface area contributed by atoms with E-state index in [9.17, 15) is 9.18 Å². The summed E-state index contributed by atoms with van der Waals surface area (Å²) in [7, 11) is 0. The Balaban J connectivity index is 1.71. The van der Waals surface area contributed by atoms with Crippen LogP contribution in [-0.4, -0.2) is 32.3 Å². The minimum absolute atomic E-state index is 0.0796. The van der Waals surface area contributed by atoms with Crippen molar-refractivity contribution in [2.75, 3.05) is 6.54 Å². The molecule has 0 aliphatic carbocycles. The van der Waals surface area contributed by atoms with Crippen molar-refractivity contribution in [1.29, 1.82) is 0 Å². The Morgan fingerprint density at radius 1 is 1.42 bits per heavy atom. The van der Waals surface area contributed by atoms with Crippen LogP contribution in [0.1, 0.15) is 34.8 Å². The van der Waals surface area contributed by atoms with Gasteiger partial charge in [-0.25, -0.2) is 9.37 Å². The molecule has 0 saturated heterocycles. The summed E-state index contributed by atoms with van der Waals surface area (Å²) in [5.41, 5.74) is 2.87. The predicted octanol–water partition coefficient (Wildman–Crippen LogP) is 3.51. The fraction of sp³-hybridized carbons (Fsp3) is 0.235. The quantitative estimate of drug-likeness (QED) is 0.734. The maximum atomic E-state index is 13.6. The number of aromatic amines is 1. The van der Waals surface area contributed by atoms with Gasteiger partial charge in [0.25, 0.3) is 5.91 Å². The normalized spacial score (nSPS) is 17.1. The Bertz CT molecular complexity index is 955. The molecule has 1 aromatic carbocycles. The van der Waals surface area contributed by atoms with Gasteiger partial charge in [0.05, 0.1) is 11.6 Å². The molecule has 2 aromatic heterocycles. The molecule has 24 heavy (non-hydrogen) atoms. The molecule has 0 saturated carbocycles. The van der Waals surface area contributed by atoms with Gasteiger partial charge in [-0.1, -0.05) is 17.7 Å². The summed E-state index contributed by atoms with van der Waals surface area (Å²) in [6.07, 6.45) is 2.46. The molecular weight excluding hydrogens is 331 g/mol. The van der Waals surface area contributed by atoms with Crippen molar-refractivity contribution < 1.29 is 9.18 Å². The second kappa shape index (κ2) is 5.56. The Morgan fingerprint density at radius 2 is 2.25 bits per heavy atom. The van der Waals surface area contributed by atoms with Crippen molar-refractivity contribution >= 4 is 28.5 Å². The summed E-state index contributed by atoms with van der Waals surface area (Å²) in [5, 5.41) is -0.0796. The third-order valence-electron chi connectivity index (χ3n) is 4.44. The minimum Gasteiger partial charge on any atom is -0.334 e. The molecular formula is C17H14ClFN4O. The Labute approximate surface area is 142 Å². The van der Waals surface area contributed by atoms with E-state index in [0.717, 1.165) is 11.3 Å². The molecule has 1 aliphatic heterocycles. The van der Waals surface area contributed by atoms with Gasteiger partial charge in [0.15, 0.2) is 5.82 Å². The van der Waals surface area contributed by atoms with E-state index in [1.165, 1.54) is 12.1 Å². The van der Waals surface area contributed by atoms with Crippen LogP contribution in [0.4, 0.5) is 4.39 Å². The number of halogens is 2. The van der Waals surface area contributed by atoms with Crippen LogP contribution >= 0.6 is 11.6 Å². The van der Waals surface area contributed by atoms with Crippen LogP contribution in [0.3, 0.4) is 0 Å². The molecule has 1 N–H and O–H groups in total. The van der Waals surface area contributed by atoms with Crippen molar-refractivity contribution in [2.24, 2.45) is 0 Å². The van der Waals surface area contributed by atoms with Gasteiger partial charge in [-0.2, -0.15) is 0 Å². The monoisotopic (exact) mass is 344 g/mol. The third kappa shape index (κ3) is 2.26. The number of aromatic nitrogens is 3. The highest BCUT2D eigenvalue weighted by molar-refractivity contribution is 6.35. The summed E-state index contributed by atoms with van der Waals surface area (Å²) >= 11 is 5.93. The van der Waals surface area contributed by atoms with E-state index in [4.69, 9.17) is 11.6 Å². The SMILES string of the molecule is C[C@@H]1c2cccnc2CCN1C(=O)c1nc2c(Cl)c(F)ccc2[nH]1. The van der Waals surface area contributed by atoms with Crippen LogP contribution in [-0.2, 0) is 6.42 Å². The molecule has 5 nitrogen and oxygen atoms in total. The van der Waals surface area contributed by atoms with E-state index in [1.54, 1.807) is 11.1 Å². The molecule has 0 spiro atoms. The molecule has 3 heterocycles. The zero-order valence-corrected chi connectivity index (χ0v) is 13.6. The summed E-state index contributed by atoms with van der Waals surface area (Å²) < 4.78 is 13.6. The number of fused-ring (bicyclic) bond motifs is 2. The number of carbonyl (C=O) groups excluding carboxylic acids is 1. The van der Waals surface area contributed by atoms with E-state index >= 15 is 0 Å². The molecule has 0 unspecified atom stereocenters. The van der Waals surface area contributed by atoms with Crippen molar-refractivity contribution in [3.63, 3.8) is 0 Å². The first-order chi connectivity index (χ1) is 11.6. The van der Waals surface area contributed by atoms with Gasteiger partial charge in [0.1, 0.15) is 16.4 Å². The van der Waals surface area contributed by atoms with E-state index in [1.807, 2.05) is 19.1 Å². The van der Waals surface area contributed by atoms with E-state index in [0.29, 0.717) is 18.5 Å².